The lowest BCUT2D eigenvalue weighted by molar-refractivity contribution is -0.149. The molecule has 0 N–H and O–H groups in total. The average molecular weight is 391 g/mol. The molecule has 0 spiro atoms. The Morgan fingerprint density at radius 1 is 1.19 bits per heavy atom. The van der Waals surface area contributed by atoms with Crippen molar-refractivity contribution in [3.05, 3.63) is 23.0 Å². The molecule has 0 atom stereocenters. The molecule has 0 amide bonds. The highest BCUT2D eigenvalue weighted by molar-refractivity contribution is 7.71. The van der Waals surface area contributed by atoms with Gasteiger partial charge >= 0.3 is 6.18 Å². The zero-order chi connectivity index (χ0) is 19.3. The van der Waals surface area contributed by atoms with Crippen molar-refractivity contribution < 1.29 is 27.1 Å². The average Bonchev–Trinajstić information content (AvgIpc) is 2.94. The van der Waals surface area contributed by atoms with Gasteiger partial charge in [0.1, 0.15) is 11.5 Å². The number of halogens is 3. The maximum atomic E-state index is 12.7. The third-order valence-electron chi connectivity index (χ3n) is 3.48. The van der Waals surface area contributed by atoms with Crippen LogP contribution in [0.5, 0.6) is 11.5 Å². The van der Waals surface area contributed by atoms with Crippen molar-refractivity contribution in [2.75, 3.05) is 27.3 Å². The van der Waals surface area contributed by atoms with Crippen LogP contribution in [0.15, 0.2) is 22.6 Å². The normalized spacial score (nSPS) is 11.8. The predicted molar refractivity (Wildman–Crippen MR) is 91.8 cm³/mol. The minimum atomic E-state index is -4.30. The first-order valence-electron chi connectivity index (χ1n) is 7.86. The van der Waals surface area contributed by atoms with Crippen LogP contribution in [-0.4, -0.2) is 48.2 Å². The number of methoxy groups -OCH3 is 2. The van der Waals surface area contributed by atoms with E-state index < -0.39 is 12.7 Å². The summed E-state index contributed by atoms with van der Waals surface area (Å²) in [6, 6.07) is 5.03. The quantitative estimate of drug-likeness (QED) is 0.631. The van der Waals surface area contributed by atoms with E-state index in [4.69, 9.17) is 26.1 Å². The van der Waals surface area contributed by atoms with Gasteiger partial charge in [-0.05, 0) is 37.3 Å². The molecule has 0 aliphatic carbocycles. The predicted octanol–water partition coefficient (Wildman–Crippen LogP) is 4.12. The maximum Gasteiger partial charge on any atom is 0.401 e. The molecule has 0 saturated heterocycles. The number of nitrogens with zero attached hydrogens (tertiary/aromatic N) is 3. The summed E-state index contributed by atoms with van der Waals surface area (Å²) in [7, 11) is 3.01. The molecule has 144 valence electrons. The van der Waals surface area contributed by atoms with Gasteiger partial charge in [0.05, 0.1) is 27.4 Å². The van der Waals surface area contributed by atoms with E-state index in [0.29, 0.717) is 23.5 Å². The second-order valence-electron chi connectivity index (χ2n) is 5.58. The molecule has 1 aromatic carbocycles. The monoisotopic (exact) mass is 391 g/mol. The van der Waals surface area contributed by atoms with Crippen molar-refractivity contribution in [2.24, 2.45) is 0 Å². The summed E-state index contributed by atoms with van der Waals surface area (Å²) >= 11 is 5.10. The molecule has 0 fully saturated rings. The van der Waals surface area contributed by atoms with E-state index in [0.717, 1.165) is 0 Å². The first kappa shape index (κ1) is 20.2. The lowest BCUT2D eigenvalue weighted by atomic mass is 10.2. The summed E-state index contributed by atoms with van der Waals surface area (Å²) in [5.41, 5.74) is 0.545. The fourth-order valence-electron chi connectivity index (χ4n) is 2.40. The second-order valence-corrected chi connectivity index (χ2v) is 5.93. The molecule has 0 unspecified atom stereocenters. The second kappa shape index (κ2) is 8.54. The Kier molecular flexibility index (Phi) is 6.65. The van der Waals surface area contributed by atoms with Gasteiger partial charge in [0.15, 0.2) is 0 Å². The molecule has 6 nitrogen and oxygen atoms in total. The molecule has 26 heavy (non-hydrogen) atoms. The summed E-state index contributed by atoms with van der Waals surface area (Å²) in [5, 5.41) is 4.21. The minimum absolute atomic E-state index is 0.00920. The maximum absolute atomic E-state index is 12.7. The van der Waals surface area contributed by atoms with Crippen LogP contribution in [0.4, 0.5) is 13.2 Å². The number of benzene rings is 1. The molecular formula is C16H20F3N3O3S. The molecule has 2 rings (SSSR count). The van der Waals surface area contributed by atoms with Crippen molar-refractivity contribution in [1.82, 2.24) is 14.7 Å². The van der Waals surface area contributed by atoms with Crippen LogP contribution in [0.1, 0.15) is 13.3 Å². The van der Waals surface area contributed by atoms with Crippen LogP contribution in [-0.2, 0) is 6.67 Å². The Balaban J connectivity index is 2.29. The van der Waals surface area contributed by atoms with Gasteiger partial charge in [0, 0.05) is 11.6 Å². The molecule has 0 radical (unpaired) electrons. The van der Waals surface area contributed by atoms with E-state index in [1.807, 2.05) is 0 Å². The third-order valence-corrected chi connectivity index (χ3v) is 3.78. The van der Waals surface area contributed by atoms with E-state index >= 15 is 0 Å². The molecular weight excluding hydrogens is 371 g/mol. The van der Waals surface area contributed by atoms with E-state index in [2.05, 4.69) is 5.10 Å². The Bertz CT molecular complexity index is 767. The van der Waals surface area contributed by atoms with E-state index in [1.165, 1.54) is 23.8 Å². The van der Waals surface area contributed by atoms with Crippen molar-refractivity contribution in [3.63, 3.8) is 0 Å². The number of hydrogen-bond acceptors (Lipinski definition) is 6. The first-order valence-corrected chi connectivity index (χ1v) is 8.27. The van der Waals surface area contributed by atoms with Gasteiger partial charge in [0.2, 0.25) is 5.89 Å². The van der Waals surface area contributed by atoms with Crippen molar-refractivity contribution in [1.29, 1.82) is 0 Å². The summed E-state index contributed by atoms with van der Waals surface area (Å²) in [6.45, 7) is 0.907. The minimum Gasteiger partial charge on any atom is -0.497 e. The van der Waals surface area contributed by atoms with Gasteiger partial charge in [-0.1, -0.05) is 6.92 Å². The van der Waals surface area contributed by atoms with Crippen LogP contribution in [0, 0.1) is 4.84 Å². The fourth-order valence-corrected chi connectivity index (χ4v) is 2.58. The van der Waals surface area contributed by atoms with Crippen LogP contribution < -0.4 is 9.47 Å². The zero-order valence-corrected chi connectivity index (χ0v) is 15.5. The summed E-state index contributed by atoms with van der Waals surface area (Å²) in [5.74, 6) is 1.23. The summed E-state index contributed by atoms with van der Waals surface area (Å²) < 4.78 is 55.2. The van der Waals surface area contributed by atoms with Crippen LogP contribution in [0.3, 0.4) is 0 Å². The molecule has 0 bridgehead atoms. The Morgan fingerprint density at radius 3 is 2.31 bits per heavy atom. The molecule has 2 aromatic rings. The van der Waals surface area contributed by atoms with E-state index in [1.54, 1.807) is 25.1 Å². The highest BCUT2D eigenvalue weighted by Crippen LogP contribution is 2.29. The number of aromatic nitrogens is 2. The largest absolute Gasteiger partial charge is 0.497 e. The number of rotatable bonds is 8. The van der Waals surface area contributed by atoms with E-state index in [9.17, 15) is 13.2 Å². The van der Waals surface area contributed by atoms with Crippen molar-refractivity contribution in [2.45, 2.75) is 26.2 Å². The SMILES string of the molecule is CCCN(Cn1nc(-c2cc(OC)cc(OC)c2)oc1=S)CC(F)(F)F. The van der Waals surface area contributed by atoms with Crippen molar-refractivity contribution >= 4 is 12.2 Å². The van der Waals surface area contributed by atoms with Gasteiger partial charge in [-0.3, -0.25) is 4.90 Å². The summed E-state index contributed by atoms with van der Waals surface area (Å²) in [6.07, 6.45) is -3.73. The Morgan fingerprint density at radius 2 is 1.81 bits per heavy atom. The molecule has 0 saturated carbocycles. The van der Waals surface area contributed by atoms with Crippen LogP contribution in [0.25, 0.3) is 11.5 Å². The fraction of sp³-hybridized carbons (Fsp3) is 0.500. The molecule has 0 aliphatic heterocycles. The number of alkyl halides is 3. The lowest BCUT2D eigenvalue weighted by Crippen LogP contribution is -2.36. The van der Waals surface area contributed by atoms with Crippen LogP contribution >= 0.6 is 12.2 Å². The number of ether oxygens (including phenoxy) is 2. The lowest BCUT2D eigenvalue weighted by Gasteiger charge is -2.22. The smallest absolute Gasteiger partial charge is 0.401 e. The molecule has 1 aromatic heterocycles. The van der Waals surface area contributed by atoms with E-state index in [-0.39, 0.29) is 23.9 Å². The molecule has 1 heterocycles. The van der Waals surface area contributed by atoms with Gasteiger partial charge in [-0.2, -0.15) is 13.2 Å². The third kappa shape index (κ3) is 5.46. The van der Waals surface area contributed by atoms with Gasteiger partial charge in [-0.15, -0.1) is 5.10 Å². The number of hydrogen-bond donors (Lipinski definition) is 0. The Hall–Kier alpha value is -2.07. The molecule has 10 heteroatoms. The topological polar surface area (TPSA) is 52.7 Å². The van der Waals surface area contributed by atoms with Gasteiger partial charge in [0.25, 0.3) is 4.84 Å². The van der Waals surface area contributed by atoms with Gasteiger partial charge in [-0.25, -0.2) is 4.68 Å². The highest BCUT2D eigenvalue weighted by Gasteiger charge is 2.30. The standard InChI is InChI=1S/C16H20F3N3O3S/c1-4-5-21(9-16(17,18)19)10-22-15(26)25-14(20-22)11-6-12(23-2)8-13(7-11)24-3/h6-8H,4-5,9-10H2,1-3H3. The Labute approximate surface area is 154 Å². The van der Waals surface area contributed by atoms with Crippen molar-refractivity contribution in [3.8, 4) is 23.0 Å². The van der Waals surface area contributed by atoms with Crippen LogP contribution in [0.2, 0.25) is 0 Å². The van der Waals surface area contributed by atoms with Gasteiger partial charge < -0.3 is 13.9 Å². The highest BCUT2D eigenvalue weighted by atomic mass is 32.1. The summed E-state index contributed by atoms with van der Waals surface area (Å²) in [4.78, 5) is 1.21. The zero-order valence-electron chi connectivity index (χ0n) is 14.7. The first-order chi connectivity index (χ1) is 12.3. The molecule has 0 aliphatic rings.